The fraction of sp³-hybridized carbons (Fsp3) is 0.353. The minimum Gasteiger partial charge on any atom is -0.361 e. The summed E-state index contributed by atoms with van der Waals surface area (Å²) in [5.74, 6) is 0.993. The van der Waals surface area contributed by atoms with Crippen molar-refractivity contribution in [1.82, 2.24) is 19.9 Å². The van der Waals surface area contributed by atoms with Crippen LogP contribution in [-0.4, -0.2) is 27.0 Å². The highest BCUT2D eigenvalue weighted by Crippen LogP contribution is 2.10. The second kappa shape index (κ2) is 6.64. The summed E-state index contributed by atoms with van der Waals surface area (Å²) in [6, 6.07) is 7.57. The van der Waals surface area contributed by atoms with E-state index >= 15 is 0 Å². The van der Waals surface area contributed by atoms with Crippen LogP contribution in [0.2, 0.25) is 0 Å². The van der Waals surface area contributed by atoms with Gasteiger partial charge in [0, 0.05) is 37.8 Å². The molecule has 0 aromatic carbocycles. The molecule has 0 radical (unpaired) electrons. The fourth-order valence-electron chi connectivity index (χ4n) is 2.42. The summed E-state index contributed by atoms with van der Waals surface area (Å²) in [6.45, 7) is 4.70. The van der Waals surface area contributed by atoms with Crippen LogP contribution in [-0.2, 0) is 12.8 Å². The summed E-state index contributed by atoms with van der Waals surface area (Å²) >= 11 is 0. The Labute approximate surface area is 134 Å². The predicted molar refractivity (Wildman–Crippen MR) is 86.3 cm³/mol. The van der Waals surface area contributed by atoms with Crippen LogP contribution < -0.4 is 5.32 Å². The van der Waals surface area contributed by atoms with Gasteiger partial charge < -0.3 is 14.2 Å². The third kappa shape index (κ3) is 3.77. The molecule has 23 heavy (non-hydrogen) atoms. The molecule has 0 aliphatic carbocycles. The predicted octanol–water partition coefficient (Wildman–Crippen LogP) is 2.49. The lowest BCUT2D eigenvalue weighted by Gasteiger charge is -2.00. The van der Waals surface area contributed by atoms with Crippen molar-refractivity contribution in [2.75, 3.05) is 6.54 Å². The molecule has 0 bridgehead atoms. The number of hydrogen-bond acceptors (Lipinski definition) is 4. The molecule has 0 saturated heterocycles. The average Bonchev–Trinajstić information content (AvgIpc) is 3.12. The number of aromatic nitrogens is 3. The van der Waals surface area contributed by atoms with Gasteiger partial charge in [0.05, 0.1) is 5.69 Å². The molecule has 120 valence electrons. The normalized spacial score (nSPS) is 11.3. The molecular weight excluding hydrogens is 292 g/mol. The first-order valence-electron chi connectivity index (χ1n) is 7.78. The maximum Gasteiger partial charge on any atom is 0.273 e. The SMILES string of the molecule is CC(C)Cc1cc(C(=O)NCCc2cn3ccccc3n2)no1. The van der Waals surface area contributed by atoms with Gasteiger partial charge in [-0.2, -0.15) is 0 Å². The van der Waals surface area contributed by atoms with Crippen LogP contribution in [0.15, 0.2) is 41.2 Å². The van der Waals surface area contributed by atoms with Crippen molar-refractivity contribution in [3.8, 4) is 0 Å². The molecule has 3 heterocycles. The van der Waals surface area contributed by atoms with Gasteiger partial charge in [0.25, 0.3) is 5.91 Å². The minimum atomic E-state index is -0.215. The van der Waals surface area contributed by atoms with Gasteiger partial charge in [0.15, 0.2) is 5.69 Å². The Hall–Kier alpha value is -2.63. The van der Waals surface area contributed by atoms with Crippen molar-refractivity contribution in [1.29, 1.82) is 0 Å². The Morgan fingerprint density at radius 2 is 2.26 bits per heavy atom. The van der Waals surface area contributed by atoms with E-state index < -0.39 is 0 Å². The maximum absolute atomic E-state index is 12.0. The molecule has 0 spiro atoms. The smallest absolute Gasteiger partial charge is 0.273 e. The van der Waals surface area contributed by atoms with E-state index in [1.165, 1.54) is 0 Å². The molecule has 0 atom stereocenters. The standard InChI is InChI=1S/C17H20N4O2/c1-12(2)9-14-10-15(20-23-14)17(22)18-7-6-13-11-21-8-4-3-5-16(21)19-13/h3-5,8,10-12H,6-7,9H2,1-2H3,(H,18,22). The summed E-state index contributed by atoms with van der Waals surface area (Å²) in [7, 11) is 0. The Kier molecular flexibility index (Phi) is 4.41. The number of nitrogens with zero attached hydrogens (tertiary/aromatic N) is 3. The van der Waals surface area contributed by atoms with Crippen molar-refractivity contribution < 1.29 is 9.32 Å². The van der Waals surface area contributed by atoms with Crippen LogP contribution in [0, 0.1) is 5.92 Å². The van der Waals surface area contributed by atoms with Crippen molar-refractivity contribution in [2.24, 2.45) is 5.92 Å². The summed E-state index contributed by atoms with van der Waals surface area (Å²) < 4.78 is 7.14. The topological polar surface area (TPSA) is 72.4 Å². The van der Waals surface area contributed by atoms with Gasteiger partial charge in [0.2, 0.25) is 0 Å². The highest BCUT2D eigenvalue weighted by atomic mass is 16.5. The van der Waals surface area contributed by atoms with Gasteiger partial charge in [0.1, 0.15) is 11.4 Å². The number of fused-ring (bicyclic) bond motifs is 1. The second-order valence-electron chi connectivity index (χ2n) is 5.98. The maximum atomic E-state index is 12.0. The molecule has 3 aromatic heterocycles. The summed E-state index contributed by atoms with van der Waals surface area (Å²) in [6.07, 6.45) is 5.38. The van der Waals surface area contributed by atoms with Crippen molar-refractivity contribution >= 4 is 11.6 Å². The van der Waals surface area contributed by atoms with Gasteiger partial charge in [-0.15, -0.1) is 0 Å². The highest BCUT2D eigenvalue weighted by molar-refractivity contribution is 5.92. The number of hydrogen-bond donors (Lipinski definition) is 1. The number of nitrogens with one attached hydrogen (secondary N) is 1. The Morgan fingerprint density at radius 1 is 1.39 bits per heavy atom. The van der Waals surface area contributed by atoms with Gasteiger partial charge in [-0.05, 0) is 18.1 Å². The first-order chi connectivity index (χ1) is 11.1. The molecule has 6 nitrogen and oxygen atoms in total. The van der Waals surface area contributed by atoms with Crippen LogP contribution in [0.25, 0.3) is 5.65 Å². The zero-order valence-electron chi connectivity index (χ0n) is 13.3. The Morgan fingerprint density at radius 3 is 3.04 bits per heavy atom. The zero-order chi connectivity index (χ0) is 16.2. The molecule has 0 fully saturated rings. The van der Waals surface area contributed by atoms with Gasteiger partial charge in [-0.3, -0.25) is 4.79 Å². The highest BCUT2D eigenvalue weighted by Gasteiger charge is 2.13. The van der Waals surface area contributed by atoms with Crippen molar-refractivity contribution in [2.45, 2.75) is 26.7 Å². The molecule has 0 aliphatic heterocycles. The number of rotatable bonds is 6. The fourth-order valence-corrected chi connectivity index (χ4v) is 2.42. The lowest BCUT2D eigenvalue weighted by atomic mass is 10.1. The van der Waals surface area contributed by atoms with E-state index in [2.05, 4.69) is 29.3 Å². The molecule has 3 aromatic rings. The number of carbonyl (C=O) groups is 1. The summed E-state index contributed by atoms with van der Waals surface area (Å²) in [5.41, 5.74) is 2.18. The first-order valence-corrected chi connectivity index (χ1v) is 7.78. The largest absolute Gasteiger partial charge is 0.361 e. The average molecular weight is 312 g/mol. The number of pyridine rings is 1. The Balaban J connectivity index is 1.53. The quantitative estimate of drug-likeness (QED) is 0.759. The van der Waals surface area contributed by atoms with E-state index in [0.29, 0.717) is 24.6 Å². The van der Waals surface area contributed by atoms with E-state index in [0.717, 1.165) is 23.5 Å². The van der Waals surface area contributed by atoms with Crippen LogP contribution in [0.5, 0.6) is 0 Å². The number of amides is 1. The third-order valence-corrected chi connectivity index (χ3v) is 3.48. The molecule has 1 N–H and O–H groups in total. The number of imidazole rings is 1. The lowest BCUT2D eigenvalue weighted by molar-refractivity contribution is 0.0945. The van der Waals surface area contributed by atoms with Gasteiger partial charge in [-0.1, -0.05) is 25.1 Å². The van der Waals surface area contributed by atoms with Gasteiger partial charge in [-0.25, -0.2) is 4.98 Å². The summed E-state index contributed by atoms with van der Waals surface area (Å²) in [5, 5.41) is 6.67. The van der Waals surface area contributed by atoms with E-state index in [-0.39, 0.29) is 5.91 Å². The van der Waals surface area contributed by atoms with E-state index in [4.69, 9.17) is 4.52 Å². The molecule has 1 amide bonds. The van der Waals surface area contributed by atoms with Crippen LogP contribution in [0.4, 0.5) is 0 Å². The van der Waals surface area contributed by atoms with Crippen LogP contribution >= 0.6 is 0 Å². The molecular formula is C17H20N4O2. The second-order valence-corrected chi connectivity index (χ2v) is 5.98. The van der Waals surface area contributed by atoms with E-state index in [9.17, 15) is 4.79 Å². The van der Waals surface area contributed by atoms with Gasteiger partial charge >= 0.3 is 0 Å². The molecule has 0 aliphatic rings. The van der Waals surface area contributed by atoms with Crippen LogP contribution in [0.1, 0.15) is 35.8 Å². The lowest BCUT2D eigenvalue weighted by Crippen LogP contribution is -2.26. The summed E-state index contributed by atoms with van der Waals surface area (Å²) in [4.78, 5) is 16.5. The van der Waals surface area contributed by atoms with Crippen molar-refractivity contribution in [3.05, 3.63) is 53.8 Å². The van der Waals surface area contributed by atoms with Crippen LogP contribution in [0.3, 0.4) is 0 Å². The Bertz CT molecular complexity index is 771. The minimum absolute atomic E-state index is 0.215. The van der Waals surface area contributed by atoms with E-state index in [1.807, 2.05) is 35.0 Å². The zero-order valence-corrected chi connectivity index (χ0v) is 13.3. The molecule has 3 rings (SSSR count). The van der Waals surface area contributed by atoms with E-state index in [1.54, 1.807) is 6.07 Å². The molecule has 6 heteroatoms. The monoisotopic (exact) mass is 312 g/mol. The molecule has 0 saturated carbocycles. The first kappa shape index (κ1) is 15.3. The molecule has 0 unspecified atom stereocenters. The number of carbonyl (C=O) groups excluding carboxylic acids is 1. The van der Waals surface area contributed by atoms with Crippen molar-refractivity contribution in [3.63, 3.8) is 0 Å². The third-order valence-electron chi connectivity index (χ3n) is 3.48.